The normalized spacial score (nSPS) is 12.1. The molecule has 0 amide bonds. The lowest BCUT2D eigenvalue weighted by Gasteiger charge is -2.26. The molecule has 8 aromatic carbocycles. The minimum atomic E-state index is -0.321. The summed E-state index contributed by atoms with van der Waals surface area (Å²) in [5.74, 6) is 1.76. The molecule has 9 aromatic rings. The summed E-state index contributed by atoms with van der Waals surface area (Å²) in [6.45, 7) is 0. The molecule has 1 aliphatic rings. The van der Waals surface area contributed by atoms with Crippen LogP contribution in [0, 0.1) is 0 Å². The van der Waals surface area contributed by atoms with Crippen molar-refractivity contribution in [1.82, 2.24) is 4.57 Å². The van der Waals surface area contributed by atoms with Crippen molar-refractivity contribution in [3.63, 3.8) is 0 Å². The first-order valence-corrected chi connectivity index (χ1v) is 21.3. The van der Waals surface area contributed by atoms with Crippen molar-refractivity contribution in [2.75, 3.05) is 4.90 Å². The molecule has 10 rings (SSSR count). The standard InChI is InChI=1S/C46H33N2OPSi/c50-51-38-25-23-37(24-26-38)47(35-19-15-31(16-20-35)34-14-13-30-7-1-2-8-33(30)29-34)36-21-17-32(18-22-36)39-27-28-44-46-45(39)40-9-3-4-10-41(40)48(46)42-11-5-6-12-43(42)49-44/h1-29H,50-51H2. The fourth-order valence-electron chi connectivity index (χ4n) is 7.68. The molecule has 0 bridgehead atoms. The highest BCUT2D eigenvalue weighted by Gasteiger charge is 2.25. The van der Waals surface area contributed by atoms with Gasteiger partial charge in [-0.1, -0.05) is 108 Å². The lowest BCUT2D eigenvalue weighted by molar-refractivity contribution is 0.476. The molecule has 0 saturated carbocycles. The summed E-state index contributed by atoms with van der Waals surface area (Å²) in [6, 6.07) is 63.6. The molecule has 2 heterocycles. The van der Waals surface area contributed by atoms with Gasteiger partial charge < -0.3 is 14.2 Å². The van der Waals surface area contributed by atoms with Crippen LogP contribution in [0.5, 0.6) is 11.5 Å². The summed E-state index contributed by atoms with van der Waals surface area (Å²) < 4.78 is 8.83. The summed E-state index contributed by atoms with van der Waals surface area (Å²) in [5, 5.41) is 6.37. The van der Waals surface area contributed by atoms with E-state index in [1.807, 2.05) is 12.1 Å². The molecule has 51 heavy (non-hydrogen) atoms. The van der Waals surface area contributed by atoms with E-state index < -0.39 is 0 Å². The maximum Gasteiger partial charge on any atom is 0.152 e. The van der Waals surface area contributed by atoms with Gasteiger partial charge in [-0.05, 0) is 106 Å². The number of anilines is 3. The molecule has 0 fully saturated rings. The number of rotatable bonds is 6. The minimum absolute atomic E-state index is 0.321. The Kier molecular flexibility index (Phi) is 7.12. The minimum Gasteiger partial charge on any atom is -0.453 e. The van der Waals surface area contributed by atoms with Crippen molar-refractivity contribution in [2.24, 2.45) is 0 Å². The lowest BCUT2D eigenvalue weighted by Crippen LogP contribution is -2.13. The van der Waals surface area contributed by atoms with E-state index in [4.69, 9.17) is 4.74 Å². The average Bonchev–Trinajstić information content (AvgIpc) is 3.55. The second-order valence-corrected chi connectivity index (χ2v) is 15.6. The van der Waals surface area contributed by atoms with Crippen molar-refractivity contribution < 1.29 is 4.74 Å². The number of aromatic nitrogens is 1. The molecule has 0 spiro atoms. The molecule has 0 N–H and O–H groups in total. The molecule has 1 aromatic heterocycles. The van der Waals surface area contributed by atoms with Gasteiger partial charge in [0.05, 0.1) is 25.9 Å². The molecule has 242 valence electrons. The molecule has 1 aliphatic heterocycles. The third-order valence-electron chi connectivity index (χ3n) is 10.2. The first-order chi connectivity index (χ1) is 25.2. The molecule has 0 aliphatic carbocycles. The maximum absolute atomic E-state index is 6.46. The van der Waals surface area contributed by atoms with E-state index >= 15 is 0 Å². The fourth-order valence-corrected chi connectivity index (χ4v) is 9.00. The van der Waals surface area contributed by atoms with Gasteiger partial charge in [-0.15, -0.1) is 0 Å². The maximum atomic E-state index is 6.46. The number of hydrogen-bond donors (Lipinski definition) is 0. The van der Waals surface area contributed by atoms with Crippen LogP contribution < -0.4 is 14.8 Å². The van der Waals surface area contributed by atoms with Gasteiger partial charge in [-0.2, -0.15) is 8.79 Å². The van der Waals surface area contributed by atoms with Crippen molar-refractivity contribution in [3.8, 4) is 39.4 Å². The number of para-hydroxylation sites is 3. The van der Waals surface area contributed by atoms with Crippen LogP contribution in [0.3, 0.4) is 0 Å². The van der Waals surface area contributed by atoms with Gasteiger partial charge in [-0.3, -0.25) is 0 Å². The zero-order chi connectivity index (χ0) is 33.9. The molecular formula is C46H33N2OPSi. The number of fused-ring (bicyclic) bond motifs is 6. The first kappa shape index (κ1) is 29.9. The van der Waals surface area contributed by atoms with E-state index in [0.717, 1.165) is 39.8 Å². The van der Waals surface area contributed by atoms with Crippen LogP contribution in [0.15, 0.2) is 176 Å². The first-order valence-electron chi connectivity index (χ1n) is 17.4. The van der Waals surface area contributed by atoms with E-state index in [1.165, 1.54) is 54.5 Å². The Morgan fingerprint density at radius 2 is 1.14 bits per heavy atom. The summed E-state index contributed by atoms with van der Waals surface area (Å²) >= 11 is 0. The van der Waals surface area contributed by atoms with E-state index in [2.05, 4.69) is 182 Å². The summed E-state index contributed by atoms with van der Waals surface area (Å²) in [6.07, 6.45) is 0. The van der Waals surface area contributed by atoms with Crippen LogP contribution in [0.25, 0.3) is 60.5 Å². The SMILES string of the molecule is P[SiH2]c1ccc(N(c2ccc(-c3ccc4ccccc4c3)cc2)c2ccc(-c3ccc4c5c3c3ccccc3n5-c3ccccc3O4)cc2)cc1. The summed E-state index contributed by atoms with van der Waals surface area (Å²) in [7, 11) is 2.65. The van der Waals surface area contributed by atoms with Crippen LogP contribution in [0.2, 0.25) is 0 Å². The summed E-state index contributed by atoms with van der Waals surface area (Å²) in [5.41, 5.74) is 11.5. The van der Waals surface area contributed by atoms with Gasteiger partial charge in [0.15, 0.2) is 11.5 Å². The molecule has 0 saturated heterocycles. The third kappa shape index (κ3) is 4.99. The number of ether oxygens (including phenoxy) is 1. The number of hydrogen-bond acceptors (Lipinski definition) is 2. The molecular weight excluding hydrogens is 656 g/mol. The quantitative estimate of drug-likeness (QED) is 0.128. The van der Waals surface area contributed by atoms with E-state index in [9.17, 15) is 0 Å². The topological polar surface area (TPSA) is 17.4 Å². The highest BCUT2D eigenvalue weighted by atomic mass is 31.3. The van der Waals surface area contributed by atoms with Crippen LogP contribution in [-0.4, -0.2) is 13.8 Å². The van der Waals surface area contributed by atoms with Gasteiger partial charge in [0.25, 0.3) is 0 Å². The zero-order valence-corrected chi connectivity index (χ0v) is 30.4. The predicted molar refractivity (Wildman–Crippen MR) is 222 cm³/mol. The Balaban J connectivity index is 1.07. The number of benzene rings is 8. The Hall–Kier alpha value is -5.93. The molecule has 1 atom stereocenters. The number of nitrogens with zero attached hydrogens (tertiary/aromatic N) is 2. The molecule has 1 unspecified atom stereocenters. The van der Waals surface area contributed by atoms with Crippen LogP contribution >= 0.6 is 8.79 Å². The Bertz CT molecular complexity index is 2750. The van der Waals surface area contributed by atoms with Crippen molar-refractivity contribution >= 4 is 72.8 Å². The fraction of sp³-hybridized carbons (Fsp3) is 0. The van der Waals surface area contributed by atoms with Crippen molar-refractivity contribution in [1.29, 1.82) is 0 Å². The third-order valence-corrected chi connectivity index (χ3v) is 12.5. The van der Waals surface area contributed by atoms with Gasteiger partial charge in [0, 0.05) is 27.8 Å². The zero-order valence-electron chi connectivity index (χ0n) is 27.8. The highest BCUT2D eigenvalue weighted by molar-refractivity contribution is 7.58. The smallest absolute Gasteiger partial charge is 0.152 e. The van der Waals surface area contributed by atoms with Gasteiger partial charge in [0.2, 0.25) is 0 Å². The van der Waals surface area contributed by atoms with Crippen LogP contribution in [0.1, 0.15) is 0 Å². The van der Waals surface area contributed by atoms with Gasteiger partial charge >= 0.3 is 0 Å². The second kappa shape index (κ2) is 12.1. The van der Waals surface area contributed by atoms with E-state index in [-0.39, 0.29) is 9.19 Å². The predicted octanol–water partition coefficient (Wildman–Crippen LogP) is 11.4. The van der Waals surface area contributed by atoms with Gasteiger partial charge in [0.1, 0.15) is 0 Å². The van der Waals surface area contributed by atoms with E-state index in [0.29, 0.717) is 0 Å². The Morgan fingerprint density at radius 3 is 1.90 bits per heavy atom. The van der Waals surface area contributed by atoms with Gasteiger partial charge in [-0.25, -0.2) is 0 Å². The Morgan fingerprint density at radius 1 is 0.510 bits per heavy atom. The largest absolute Gasteiger partial charge is 0.453 e. The summed E-state index contributed by atoms with van der Waals surface area (Å²) in [4.78, 5) is 2.36. The monoisotopic (exact) mass is 688 g/mol. The van der Waals surface area contributed by atoms with Crippen molar-refractivity contribution in [2.45, 2.75) is 0 Å². The van der Waals surface area contributed by atoms with Crippen LogP contribution in [-0.2, 0) is 0 Å². The molecule has 3 nitrogen and oxygen atoms in total. The van der Waals surface area contributed by atoms with E-state index in [1.54, 1.807) is 0 Å². The Labute approximate surface area is 301 Å². The molecule has 5 heteroatoms. The second-order valence-electron chi connectivity index (χ2n) is 13.1. The van der Waals surface area contributed by atoms with Crippen molar-refractivity contribution in [3.05, 3.63) is 176 Å². The van der Waals surface area contributed by atoms with Crippen LogP contribution in [0.4, 0.5) is 17.1 Å². The highest BCUT2D eigenvalue weighted by Crippen LogP contribution is 2.48. The lowest BCUT2D eigenvalue weighted by atomic mass is 9.98. The average molecular weight is 689 g/mol. The molecule has 0 radical (unpaired) electrons.